The molecule has 3 heterocycles. The van der Waals surface area contributed by atoms with E-state index in [1.54, 1.807) is 13.8 Å². The van der Waals surface area contributed by atoms with Crippen molar-refractivity contribution in [1.82, 2.24) is 24.3 Å². The number of amides is 1. The first-order valence-corrected chi connectivity index (χ1v) is 11.0. The van der Waals surface area contributed by atoms with Crippen LogP contribution in [0.5, 0.6) is 11.8 Å². The standard InChI is InChI=1S/C21H21ClF4N6O5/c1-5-31-14(8-33)30-32(20(31)35)16-12(23)7-11(18(29-16)37-10(3)21(24,25)26)17(34)28-15-9(2)6-13(22)27-19(15)36-4/h6-7,10,33H,5,8H2,1-4H3,(H,28,34)/t10-/m0/s1. The fourth-order valence-electron chi connectivity index (χ4n) is 3.19. The Hall–Kier alpha value is -3.72. The zero-order chi connectivity index (χ0) is 27.7. The third-order valence-corrected chi connectivity index (χ3v) is 5.29. The topological polar surface area (TPSA) is 133 Å². The van der Waals surface area contributed by atoms with Crippen molar-refractivity contribution in [3.05, 3.63) is 50.5 Å². The summed E-state index contributed by atoms with van der Waals surface area (Å²) in [4.78, 5) is 33.3. The molecule has 0 radical (unpaired) electrons. The van der Waals surface area contributed by atoms with Crippen molar-refractivity contribution in [2.75, 3.05) is 12.4 Å². The Morgan fingerprint density at radius 2 is 1.95 bits per heavy atom. The Morgan fingerprint density at radius 1 is 1.27 bits per heavy atom. The second kappa shape index (κ2) is 10.7. The maximum atomic E-state index is 15.1. The van der Waals surface area contributed by atoms with E-state index >= 15 is 4.39 Å². The van der Waals surface area contributed by atoms with Crippen molar-refractivity contribution in [1.29, 1.82) is 0 Å². The monoisotopic (exact) mass is 548 g/mol. The minimum atomic E-state index is -4.87. The molecule has 0 saturated carbocycles. The Bertz CT molecular complexity index is 1390. The molecule has 2 N–H and O–H groups in total. The molecule has 3 rings (SSSR count). The number of nitrogens with one attached hydrogen (secondary N) is 1. The van der Waals surface area contributed by atoms with Crippen molar-refractivity contribution in [3.8, 4) is 17.6 Å². The molecule has 0 spiro atoms. The van der Waals surface area contributed by atoms with Gasteiger partial charge < -0.3 is 19.9 Å². The lowest BCUT2D eigenvalue weighted by Gasteiger charge is -2.20. The van der Waals surface area contributed by atoms with Crippen LogP contribution in [0.4, 0.5) is 23.2 Å². The van der Waals surface area contributed by atoms with Gasteiger partial charge in [0.1, 0.15) is 23.0 Å². The van der Waals surface area contributed by atoms with Gasteiger partial charge in [0.25, 0.3) is 5.91 Å². The highest BCUT2D eigenvalue weighted by Crippen LogP contribution is 2.32. The predicted octanol–water partition coefficient (Wildman–Crippen LogP) is 3.03. The van der Waals surface area contributed by atoms with Gasteiger partial charge in [0.15, 0.2) is 23.6 Å². The molecule has 0 aliphatic heterocycles. The van der Waals surface area contributed by atoms with Crippen LogP contribution < -0.4 is 20.5 Å². The number of alkyl halides is 3. The SMILES string of the molecule is CCn1c(CO)nn(-c2nc(O[C@@H](C)C(F)(F)F)c(C(=O)Nc3c(C)cc(Cl)nc3OC)cc2F)c1=O. The van der Waals surface area contributed by atoms with Crippen LogP contribution in [-0.4, -0.2) is 54.7 Å². The number of aliphatic hydroxyl groups excluding tert-OH is 1. The number of nitrogens with zero attached hydrogens (tertiary/aromatic N) is 5. The quantitative estimate of drug-likeness (QED) is 0.324. The Balaban J connectivity index is 2.16. The largest absolute Gasteiger partial charge is 0.479 e. The normalized spacial score (nSPS) is 12.4. The molecule has 3 aromatic heterocycles. The van der Waals surface area contributed by atoms with E-state index in [1.807, 2.05) is 0 Å². The number of carbonyl (C=O) groups is 1. The fourth-order valence-corrected chi connectivity index (χ4v) is 3.43. The van der Waals surface area contributed by atoms with Gasteiger partial charge in [-0.15, -0.1) is 5.10 Å². The molecule has 0 fully saturated rings. The molecule has 37 heavy (non-hydrogen) atoms. The summed E-state index contributed by atoms with van der Waals surface area (Å²) in [6.07, 6.45) is -7.33. The van der Waals surface area contributed by atoms with Crippen LogP contribution in [0.2, 0.25) is 5.15 Å². The van der Waals surface area contributed by atoms with Gasteiger partial charge in [0.05, 0.1) is 7.11 Å². The summed E-state index contributed by atoms with van der Waals surface area (Å²) in [5.41, 5.74) is -1.24. The van der Waals surface area contributed by atoms with Crippen LogP contribution in [-0.2, 0) is 13.2 Å². The highest BCUT2D eigenvalue weighted by Gasteiger charge is 2.39. The molecule has 200 valence electrons. The minimum Gasteiger partial charge on any atom is -0.479 e. The van der Waals surface area contributed by atoms with Crippen LogP contribution in [0.25, 0.3) is 5.82 Å². The van der Waals surface area contributed by atoms with Gasteiger partial charge in [0, 0.05) is 6.54 Å². The smallest absolute Gasteiger partial charge is 0.425 e. The maximum absolute atomic E-state index is 15.1. The van der Waals surface area contributed by atoms with Crippen LogP contribution in [0, 0.1) is 12.7 Å². The molecule has 0 unspecified atom stereocenters. The van der Waals surface area contributed by atoms with Crippen LogP contribution in [0.15, 0.2) is 16.9 Å². The molecule has 1 atom stereocenters. The summed E-state index contributed by atoms with van der Waals surface area (Å²) in [6, 6.07) is 1.94. The predicted molar refractivity (Wildman–Crippen MR) is 122 cm³/mol. The average Bonchev–Trinajstić information content (AvgIpc) is 3.15. The summed E-state index contributed by atoms with van der Waals surface area (Å²) in [5.74, 6) is -4.41. The molecule has 0 aliphatic carbocycles. The number of hydrogen-bond donors (Lipinski definition) is 2. The third-order valence-electron chi connectivity index (χ3n) is 5.10. The fraction of sp³-hybridized carbons (Fsp3) is 0.381. The van der Waals surface area contributed by atoms with E-state index in [9.17, 15) is 27.9 Å². The molecule has 11 nitrogen and oxygen atoms in total. The lowest BCUT2D eigenvalue weighted by Crippen LogP contribution is -2.33. The average molecular weight is 549 g/mol. The molecule has 0 saturated heterocycles. The lowest BCUT2D eigenvalue weighted by atomic mass is 10.2. The van der Waals surface area contributed by atoms with Crippen molar-refractivity contribution < 1.29 is 36.9 Å². The number of ether oxygens (including phenoxy) is 2. The first kappa shape index (κ1) is 27.9. The third kappa shape index (κ3) is 5.67. The van der Waals surface area contributed by atoms with Gasteiger partial charge >= 0.3 is 11.9 Å². The number of hydrogen-bond acceptors (Lipinski definition) is 8. The Kier molecular flexibility index (Phi) is 8.07. The van der Waals surface area contributed by atoms with Gasteiger partial charge in [-0.25, -0.2) is 9.18 Å². The van der Waals surface area contributed by atoms with E-state index in [4.69, 9.17) is 21.1 Å². The number of halogens is 5. The van der Waals surface area contributed by atoms with Crippen LogP contribution in [0.3, 0.4) is 0 Å². The molecule has 0 aliphatic rings. The van der Waals surface area contributed by atoms with E-state index in [0.29, 0.717) is 23.2 Å². The first-order valence-electron chi connectivity index (χ1n) is 10.6. The number of aliphatic hydroxyl groups is 1. The number of carbonyl (C=O) groups excluding carboxylic acids is 1. The number of aryl methyl sites for hydroxylation is 1. The summed E-state index contributed by atoms with van der Waals surface area (Å²) in [7, 11) is 1.25. The Morgan fingerprint density at radius 3 is 2.49 bits per heavy atom. The first-order chi connectivity index (χ1) is 17.3. The Labute approximate surface area is 211 Å². The van der Waals surface area contributed by atoms with Crippen molar-refractivity contribution in [2.24, 2.45) is 0 Å². The number of anilines is 1. The van der Waals surface area contributed by atoms with E-state index in [1.165, 1.54) is 13.2 Å². The summed E-state index contributed by atoms with van der Waals surface area (Å²) >= 11 is 5.88. The molecular formula is C21H21ClF4N6O5. The van der Waals surface area contributed by atoms with Crippen molar-refractivity contribution in [3.63, 3.8) is 0 Å². The van der Waals surface area contributed by atoms with Crippen LogP contribution in [0.1, 0.15) is 35.6 Å². The molecule has 0 aromatic carbocycles. The van der Waals surface area contributed by atoms with E-state index in [2.05, 4.69) is 20.4 Å². The highest BCUT2D eigenvalue weighted by molar-refractivity contribution is 6.29. The van der Waals surface area contributed by atoms with Gasteiger partial charge in [-0.3, -0.25) is 9.36 Å². The molecular weight excluding hydrogens is 528 g/mol. The van der Waals surface area contributed by atoms with Crippen molar-refractivity contribution in [2.45, 2.75) is 46.2 Å². The summed E-state index contributed by atoms with van der Waals surface area (Å²) in [6.45, 7) is 3.15. The number of rotatable bonds is 8. The zero-order valence-electron chi connectivity index (χ0n) is 19.9. The number of pyridine rings is 2. The summed E-state index contributed by atoms with van der Waals surface area (Å²) < 4.78 is 66.3. The molecule has 1 amide bonds. The van der Waals surface area contributed by atoms with E-state index in [0.717, 1.165) is 4.57 Å². The van der Waals surface area contributed by atoms with Gasteiger partial charge in [0.2, 0.25) is 11.8 Å². The number of aromatic nitrogens is 5. The lowest BCUT2D eigenvalue weighted by molar-refractivity contribution is -0.190. The second-order valence-corrected chi connectivity index (χ2v) is 7.95. The minimum absolute atomic E-state index is 0.0155. The van der Waals surface area contributed by atoms with Crippen LogP contribution >= 0.6 is 11.6 Å². The maximum Gasteiger partial charge on any atom is 0.425 e. The van der Waals surface area contributed by atoms with E-state index < -0.39 is 53.6 Å². The summed E-state index contributed by atoms with van der Waals surface area (Å²) in [5, 5.41) is 15.6. The van der Waals surface area contributed by atoms with E-state index in [-0.39, 0.29) is 29.1 Å². The molecule has 16 heteroatoms. The molecule has 0 bridgehead atoms. The number of methoxy groups -OCH3 is 1. The van der Waals surface area contributed by atoms with Gasteiger partial charge in [-0.1, -0.05) is 11.6 Å². The van der Waals surface area contributed by atoms with Gasteiger partial charge in [-0.05, 0) is 38.5 Å². The van der Waals surface area contributed by atoms with Crippen molar-refractivity contribution >= 4 is 23.2 Å². The van der Waals surface area contributed by atoms with Gasteiger partial charge in [-0.2, -0.15) is 27.8 Å². The molecule has 3 aromatic rings. The second-order valence-electron chi connectivity index (χ2n) is 7.56. The zero-order valence-corrected chi connectivity index (χ0v) is 20.6. The highest BCUT2D eigenvalue weighted by atomic mass is 35.5.